The van der Waals surface area contributed by atoms with Gasteiger partial charge in [-0.2, -0.15) is 0 Å². The van der Waals surface area contributed by atoms with E-state index in [4.69, 9.17) is 11.6 Å². The van der Waals surface area contributed by atoms with E-state index in [9.17, 15) is 0 Å². The molecule has 0 atom stereocenters. The number of alkyl halides is 1. The standard InChI is InChI=1S/C13H11Cl.CH3Br/c14-13-8-4-7-12(9-10-13)11-5-2-1-3-6-11;1-2/h1-8,10H,9H2;1H3. The van der Waals surface area contributed by atoms with Crippen LogP contribution in [-0.2, 0) is 0 Å². The average Bonchev–Trinajstić information content (AvgIpc) is 2.58. The van der Waals surface area contributed by atoms with Crippen LogP contribution in [-0.4, -0.2) is 5.83 Å². The van der Waals surface area contributed by atoms with E-state index in [1.807, 2.05) is 30.1 Å². The van der Waals surface area contributed by atoms with Crippen molar-refractivity contribution >= 4 is 33.1 Å². The summed E-state index contributed by atoms with van der Waals surface area (Å²) in [6.07, 6.45) is 8.95. The van der Waals surface area contributed by atoms with Gasteiger partial charge in [0, 0.05) is 5.03 Å². The molecule has 0 unspecified atom stereocenters. The fourth-order valence-corrected chi connectivity index (χ4v) is 1.62. The summed E-state index contributed by atoms with van der Waals surface area (Å²) in [6, 6.07) is 10.4. The molecule has 0 amide bonds. The molecule has 0 N–H and O–H groups in total. The van der Waals surface area contributed by atoms with Crippen LogP contribution in [0.1, 0.15) is 12.0 Å². The van der Waals surface area contributed by atoms with E-state index in [1.165, 1.54) is 11.1 Å². The van der Waals surface area contributed by atoms with Crippen LogP contribution in [0.25, 0.3) is 5.57 Å². The molecular weight excluding hydrogens is 284 g/mol. The van der Waals surface area contributed by atoms with E-state index in [1.54, 1.807) is 0 Å². The van der Waals surface area contributed by atoms with Crippen molar-refractivity contribution in [2.45, 2.75) is 6.42 Å². The van der Waals surface area contributed by atoms with Crippen LogP contribution < -0.4 is 0 Å². The molecule has 0 fully saturated rings. The molecule has 16 heavy (non-hydrogen) atoms. The van der Waals surface area contributed by atoms with Gasteiger partial charge in [0.1, 0.15) is 0 Å². The quantitative estimate of drug-likeness (QED) is 0.628. The Kier molecular flexibility index (Phi) is 6.20. The second-order valence-electron chi connectivity index (χ2n) is 3.21. The molecule has 0 heterocycles. The summed E-state index contributed by atoms with van der Waals surface area (Å²) in [6.45, 7) is 0. The predicted octanol–water partition coefficient (Wildman–Crippen LogP) is 5.16. The van der Waals surface area contributed by atoms with E-state index in [0.29, 0.717) is 0 Å². The van der Waals surface area contributed by atoms with Gasteiger partial charge in [-0.25, -0.2) is 0 Å². The van der Waals surface area contributed by atoms with Crippen LogP contribution in [0.15, 0.2) is 59.7 Å². The Hall–Kier alpha value is -0.790. The first-order chi connectivity index (χ1) is 7.86. The van der Waals surface area contributed by atoms with Gasteiger partial charge in [-0.15, -0.1) is 0 Å². The Morgan fingerprint density at radius 3 is 2.50 bits per heavy atom. The number of benzene rings is 1. The van der Waals surface area contributed by atoms with Gasteiger partial charge >= 0.3 is 0 Å². The zero-order chi connectivity index (χ0) is 11.8. The molecule has 1 aliphatic carbocycles. The monoisotopic (exact) mass is 296 g/mol. The molecule has 1 aromatic rings. The van der Waals surface area contributed by atoms with Crippen molar-refractivity contribution in [2.24, 2.45) is 0 Å². The zero-order valence-electron chi connectivity index (χ0n) is 9.16. The first-order valence-electron chi connectivity index (χ1n) is 5.02. The molecule has 2 heteroatoms. The van der Waals surface area contributed by atoms with Crippen LogP contribution >= 0.6 is 27.5 Å². The van der Waals surface area contributed by atoms with Gasteiger partial charge in [0.2, 0.25) is 0 Å². The molecule has 1 aliphatic rings. The van der Waals surface area contributed by atoms with Crippen molar-refractivity contribution < 1.29 is 0 Å². The van der Waals surface area contributed by atoms with Gasteiger partial charge in [0.15, 0.2) is 0 Å². The Balaban J connectivity index is 0.000000606. The third kappa shape index (κ3) is 3.99. The van der Waals surface area contributed by atoms with Crippen LogP contribution in [0.4, 0.5) is 0 Å². The average molecular weight is 298 g/mol. The maximum Gasteiger partial charge on any atom is 0.0369 e. The van der Waals surface area contributed by atoms with Gasteiger partial charge < -0.3 is 0 Å². The van der Waals surface area contributed by atoms with Crippen molar-refractivity contribution in [3.05, 3.63) is 65.2 Å². The summed E-state index contributed by atoms with van der Waals surface area (Å²) in [5, 5.41) is 0.812. The van der Waals surface area contributed by atoms with Crippen molar-refractivity contribution in [1.29, 1.82) is 0 Å². The van der Waals surface area contributed by atoms with E-state index < -0.39 is 0 Å². The first-order valence-corrected chi connectivity index (χ1v) is 6.99. The van der Waals surface area contributed by atoms with E-state index in [-0.39, 0.29) is 0 Å². The van der Waals surface area contributed by atoms with Gasteiger partial charge in [0.05, 0.1) is 0 Å². The molecular formula is C14H14BrCl. The maximum atomic E-state index is 5.91. The van der Waals surface area contributed by atoms with Crippen LogP contribution in [0, 0.1) is 0 Å². The third-order valence-corrected chi connectivity index (χ3v) is 2.49. The fraction of sp³-hybridized carbons (Fsp3) is 0.143. The predicted molar refractivity (Wildman–Crippen MR) is 77.0 cm³/mol. The van der Waals surface area contributed by atoms with Crippen molar-refractivity contribution in [3.8, 4) is 0 Å². The Morgan fingerprint density at radius 2 is 1.81 bits per heavy atom. The lowest BCUT2D eigenvalue weighted by Crippen LogP contribution is -1.81. The van der Waals surface area contributed by atoms with Gasteiger partial charge in [-0.1, -0.05) is 76.1 Å². The summed E-state index contributed by atoms with van der Waals surface area (Å²) in [5.74, 6) is 1.81. The van der Waals surface area contributed by atoms with Gasteiger partial charge in [0.25, 0.3) is 0 Å². The second-order valence-corrected chi connectivity index (χ2v) is 3.65. The molecule has 0 saturated carbocycles. The molecule has 0 aromatic heterocycles. The highest BCUT2D eigenvalue weighted by atomic mass is 79.9. The SMILES string of the molecule is CBr.ClC1=CCC(c2ccccc2)=CC=C1. The van der Waals surface area contributed by atoms with E-state index >= 15 is 0 Å². The lowest BCUT2D eigenvalue weighted by molar-refractivity contribution is 1.39. The van der Waals surface area contributed by atoms with Crippen molar-refractivity contribution in [1.82, 2.24) is 0 Å². The van der Waals surface area contributed by atoms with Crippen LogP contribution in [0.3, 0.4) is 0 Å². The number of hydrogen-bond donors (Lipinski definition) is 0. The Labute approximate surface area is 110 Å². The summed E-state index contributed by atoms with van der Waals surface area (Å²) in [4.78, 5) is 0. The minimum Gasteiger partial charge on any atom is -0.0966 e. The number of rotatable bonds is 1. The molecule has 0 nitrogen and oxygen atoms in total. The van der Waals surface area contributed by atoms with E-state index in [0.717, 1.165) is 11.5 Å². The lowest BCUT2D eigenvalue weighted by atomic mass is 10.0. The third-order valence-electron chi connectivity index (χ3n) is 2.21. The largest absolute Gasteiger partial charge is 0.0966 e. The molecule has 0 aliphatic heterocycles. The summed E-state index contributed by atoms with van der Waals surface area (Å²) in [5.41, 5.74) is 2.57. The topological polar surface area (TPSA) is 0 Å². The Morgan fingerprint density at radius 1 is 1.12 bits per heavy atom. The van der Waals surface area contributed by atoms with E-state index in [2.05, 4.69) is 46.3 Å². The minimum atomic E-state index is 0.812. The summed E-state index contributed by atoms with van der Waals surface area (Å²) >= 11 is 8.85. The molecule has 0 spiro atoms. The molecule has 84 valence electrons. The first kappa shape index (κ1) is 13.3. The Bertz CT molecular complexity index is 399. The fourth-order valence-electron chi connectivity index (χ4n) is 1.47. The zero-order valence-corrected chi connectivity index (χ0v) is 11.5. The van der Waals surface area contributed by atoms with Crippen molar-refractivity contribution in [2.75, 3.05) is 5.83 Å². The highest BCUT2D eigenvalue weighted by Gasteiger charge is 2.00. The number of halogens is 2. The van der Waals surface area contributed by atoms with Crippen molar-refractivity contribution in [3.63, 3.8) is 0 Å². The highest BCUT2D eigenvalue weighted by Crippen LogP contribution is 2.22. The summed E-state index contributed by atoms with van der Waals surface area (Å²) in [7, 11) is 0. The van der Waals surface area contributed by atoms with Crippen LogP contribution in [0.2, 0.25) is 0 Å². The summed E-state index contributed by atoms with van der Waals surface area (Å²) < 4.78 is 0. The molecule has 0 bridgehead atoms. The molecule has 1 aromatic carbocycles. The number of hydrogen-bond acceptors (Lipinski definition) is 0. The molecule has 0 radical (unpaired) electrons. The maximum absolute atomic E-state index is 5.91. The highest BCUT2D eigenvalue weighted by molar-refractivity contribution is 9.08. The molecule has 0 saturated heterocycles. The normalized spacial score (nSPS) is 14.2. The van der Waals surface area contributed by atoms with Crippen LogP contribution in [0.5, 0.6) is 0 Å². The smallest absolute Gasteiger partial charge is 0.0369 e. The second kappa shape index (κ2) is 7.48. The minimum absolute atomic E-state index is 0.812. The van der Waals surface area contributed by atoms with Gasteiger partial charge in [-0.3, -0.25) is 0 Å². The van der Waals surface area contributed by atoms with Gasteiger partial charge in [-0.05, 0) is 29.5 Å². The molecule has 2 rings (SSSR count). The number of allylic oxidation sites excluding steroid dienone is 6. The lowest BCUT2D eigenvalue weighted by Gasteiger charge is -2.02.